The number of aromatic nitrogens is 1. The second-order valence-corrected chi connectivity index (χ2v) is 23.6. The molecule has 0 spiro atoms. The molecule has 0 atom stereocenters. The van der Waals surface area contributed by atoms with Crippen LogP contribution in [0.2, 0.25) is 0 Å². The number of rotatable bonds is 0. The van der Waals surface area contributed by atoms with Gasteiger partial charge in [-0.1, -0.05) is 216 Å². The third-order valence-electron chi connectivity index (χ3n) is 10.5. The Kier molecular flexibility index (Phi) is 13.9. The molecule has 61 heavy (non-hydrogen) atoms. The van der Waals surface area contributed by atoms with E-state index in [1.165, 1.54) is 64.9 Å². The summed E-state index contributed by atoms with van der Waals surface area (Å²) < 4.78 is 0. The molecule has 4 amide bonds. The van der Waals surface area contributed by atoms with E-state index in [2.05, 4.69) is 211 Å². The van der Waals surface area contributed by atoms with Gasteiger partial charge >= 0.3 is 6.03 Å². The molecular formula is C55H75N3O3. The van der Waals surface area contributed by atoms with E-state index in [1.54, 1.807) is 20.8 Å². The van der Waals surface area contributed by atoms with Crippen molar-refractivity contribution in [2.75, 3.05) is 0 Å². The van der Waals surface area contributed by atoms with Gasteiger partial charge in [0.25, 0.3) is 0 Å². The van der Waals surface area contributed by atoms with Gasteiger partial charge in [-0.05, 0) is 76.0 Å². The van der Waals surface area contributed by atoms with E-state index in [0.717, 1.165) is 0 Å². The normalized spacial score (nSPS) is 14.4. The van der Waals surface area contributed by atoms with Crippen molar-refractivity contribution in [2.45, 2.75) is 132 Å². The van der Waals surface area contributed by atoms with E-state index in [0.29, 0.717) is 5.41 Å². The predicted molar refractivity (Wildman–Crippen MR) is 262 cm³/mol. The van der Waals surface area contributed by atoms with E-state index in [1.807, 2.05) is 0 Å². The van der Waals surface area contributed by atoms with Crippen molar-refractivity contribution in [3.05, 3.63) is 95.6 Å². The van der Waals surface area contributed by atoms with Crippen LogP contribution in [-0.4, -0.2) is 22.8 Å². The minimum Gasteiger partial charge on any atom is -0.355 e. The summed E-state index contributed by atoms with van der Waals surface area (Å²) in [5.41, 5.74) is 3.35. The number of imide groups is 2. The van der Waals surface area contributed by atoms with Crippen LogP contribution in [0.15, 0.2) is 84.9 Å². The second-order valence-electron chi connectivity index (χ2n) is 23.6. The van der Waals surface area contributed by atoms with Gasteiger partial charge in [-0.3, -0.25) is 20.2 Å². The zero-order valence-electron chi connectivity index (χ0n) is 40.9. The number of aromatic amines is 1. The molecule has 328 valence electrons. The summed E-state index contributed by atoms with van der Waals surface area (Å²) in [7, 11) is 0. The number of barbiturate groups is 1. The van der Waals surface area contributed by atoms with E-state index >= 15 is 0 Å². The Labute approximate surface area is 366 Å². The predicted octanol–water partition coefficient (Wildman–Crippen LogP) is 13.3. The highest BCUT2D eigenvalue weighted by molar-refractivity contribution is 6.22. The van der Waals surface area contributed by atoms with E-state index < -0.39 is 29.2 Å². The Morgan fingerprint density at radius 3 is 0.934 bits per heavy atom. The van der Waals surface area contributed by atoms with Crippen LogP contribution < -0.4 is 21.3 Å². The monoisotopic (exact) mass is 826 g/mol. The first kappa shape index (κ1) is 48.7. The summed E-state index contributed by atoms with van der Waals surface area (Å²) in [4.78, 5) is 37.2. The lowest BCUT2D eigenvalue weighted by molar-refractivity contribution is -0.140. The summed E-state index contributed by atoms with van der Waals surface area (Å²) in [6.45, 7) is 42.1. The van der Waals surface area contributed by atoms with E-state index in [9.17, 15) is 14.4 Å². The number of fused-ring (bicyclic) bond motifs is 1. The highest BCUT2D eigenvalue weighted by Crippen LogP contribution is 2.42. The van der Waals surface area contributed by atoms with Gasteiger partial charge in [0.1, 0.15) is 5.92 Å². The summed E-state index contributed by atoms with van der Waals surface area (Å²) in [5.74, 6) is -1.85. The summed E-state index contributed by atoms with van der Waals surface area (Å²) >= 11 is 0. The van der Waals surface area contributed by atoms with Gasteiger partial charge in [-0.25, -0.2) is 4.79 Å². The Morgan fingerprint density at radius 1 is 0.410 bits per heavy atom. The maximum absolute atomic E-state index is 11.3. The molecule has 1 aromatic heterocycles. The molecule has 7 rings (SSSR count). The van der Waals surface area contributed by atoms with Gasteiger partial charge in [-0.15, -0.1) is 0 Å². The van der Waals surface area contributed by atoms with Crippen LogP contribution in [0.4, 0.5) is 4.79 Å². The molecule has 6 aromatic rings. The summed E-state index contributed by atoms with van der Waals surface area (Å²) in [6, 6.07) is 30.0. The van der Waals surface area contributed by atoms with Crippen LogP contribution in [0.5, 0.6) is 0 Å². The summed E-state index contributed by atoms with van der Waals surface area (Å²) in [5, 5.41) is 17.6. The molecule has 3 N–H and O–H groups in total. The van der Waals surface area contributed by atoms with Gasteiger partial charge in [-0.2, -0.15) is 0 Å². The Hall–Kier alpha value is -4.97. The lowest BCUT2D eigenvalue weighted by atomic mass is 9.71. The van der Waals surface area contributed by atoms with Crippen molar-refractivity contribution in [2.24, 2.45) is 38.4 Å². The average Bonchev–Trinajstić information content (AvgIpc) is 3.40. The van der Waals surface area contributed by atoms with Crippen molar-refractivity contribution in [3.8, 4) is 0 Å². The van der Waals surface area contributed by atoms with Gasteiger partial charge < -0.3 is 4.98 Å². The van der Waals surface area contributed by atoms with Crippen LogP contribution in [0.1, 0.15) is 132 Å². The number of nitrogens with one attached hydrogen (secondary N) is 3. The molecule has 2 heterocycles. The van der Waals surface area contributed by atoms with Gasteiger partial charge in [0, 0.05) is 21.5 Å². The molecular weight excluding hydrogens is 751 g/mol. The van der Waals surface area contributed by atoms with Crippen molar-refractivity contribution < 1.29 is 14.4 Å². The fourth-order valence-corrected chi connectivity index (χ4v) is 9.30. The second kappa shape index (κ2) is 17.4. The van der Waals surface area contributed by atoms with Crippen molar-refractivity contribution in [1.82, 2.24) is 15.6 Å². The standard InChI is InChI=1S/C26H41N.C16H10.C8H12N2O3.C5H12/c1-23(2,3)21(24(4,5)6)19-17-15-13-14-16-18(17)20(27-19)22(25(7,8)9)26(10,11)12;1-3-11-7-9-13-5-2-6-14-10-8-12(4-1)15(11)16(13)14;1-8(2,3)4-5(11)9-7(13)10-6(4)12;1-5(2,3)4/h13-16,27H,1-12H3;1-10H;4H,1-3H3,(H2,9,10,11,12,13);1-4H3. The molecule has 0 aliphatic carbocycles. The average molecular weight is 826 g/mol. The largest absolute Gasteiger partial charge is 0.355 e. The third-order valence-corrected chi connectivity index (χ3v) is 10.5. The van der Waals surface area contributed by atoms with E-state index in [4.69, 9.17) is 0 Å². The molecule has 0 unspecified atom stereocenters. The third kappa shape index (κ3) is 11.9. The molecule has 0 saturated carbocycles. The molecule has 1 aliphatic heterocycles. The number of amides is 4. The molecule has 1 aliphatic rings. The smallest absolute Gasteiger partial charge is 0.328 e. The van der Waals surface area contributed by atoms with Crippen molar-refractivity contribution in [1.29, 1.82) is 0 Å². The fourth-order valence-electron chi connectivity index (χ4n) is 9.30. The lowest BCUT2D eigenvalue weighted by Crippen LogP contribution is -2.59. The van der Waals surface area contributed by atoms with Gasteiger partial charge in [0.15, 0.2) is 0 Å². The Balaban J connectivity index is 0.000000203. The van der Waals surface area contributed by atoms with Gasteiger partial charge in [0.05, 0.1) is 0 Å². The number of benzene rings is 5. The highest BCUT2D eigenvalue weighted by Gasteiger charge is 2.42. The molecule has 1 fully saturated rings. The maximum atomic E-state index is 11.3. The minimum absolute atomic E-state index is 0.0901. The number of carbonyl (C=O) groups is 3. The number of hydrogen-bond donors (Lipinski definition) is 3. The molecule has 1 saturated heterocycles. The van der Waals surface area contributed by atoms with Gasteiger partial charge in [0.2, 0.25) is 11.8 Å². The maximum Gasteiger partial charge on any atom is 0.328 e. The Morgan fingerprint density at radius 2 is 0.689 bits per heavy atom. The number of urea groups is 1. The lowest BCUT2D eigenvalue weighted by Gasteiger charge is -2.34. The van der Waals surface area contributed by atoms with Crippen LogP contribution in [0.3, 0.4) is 0 Å². The van der Waals surface area contributed by atoms with Crippen molar-refractivity contribution in [3.63, 3.8) is 0 Å². The SMILES string of the molecule is CC(C)(C)C.CC(C)(C)C(=c1[nH]c(=C(C(C)(C)C)C(C)(C)C)c2ccccc12)C(C)(C)C.CC(C)(C)C1C(=O)NC(=O)NC1=O.c1cc2ccc3cccc4ccc(c1)c2c34. The fraction of sp³-hybridized carbons (Fsp3) is 0.473. The molecule has 0 bridgehead atoms. The zero-order chi connectivity index (χ0) is 46.3. The van der Waals surface area contributed by atoms with Crippen LogP contribution >= 0.6 is 0 Å². The molecule has 5 aromatic carbocycles. The summed E-state index contributed by atoms with van der Waals surface area (Å²) in [6.07, 6.45) is 0. The van der Waals surface area contributed by atoms with Crippen LogP contribution in [0, 0.1) is 38.4 Å². The van der Waals surface area contributed by atoms with Crippen molar-refractivity contribution >= 4 is 72.1 Å². The van der Waals surface area contributed by atoms with E-state index in [-0.39, 0.29) is 21.7 Å². The first-order valence-corrected chi connectivity index (χ1v) is 21.9. The number of carbonyl (C=O) groups excluding carboxylic acids is 3. The minimum atomic E-state index is -0.801. The zero-order valence-corrected chi connectivity index (χ0v) is 40.9. The highest BCUT2D eigenvalue weighted by atomic mass is 16.2. The first-order valence-electron chi connectivity index (χ1n) is 21.9. The number of H-pyrrole nitrogens is 1. The quantitative estimate of drug-likeness (QED) is 0.105. The van der Waals surface area contributed by atoms with Crippen LogP contribution in [0.25, 0.3) is 54.2 Å². The molecule has 6 nitrogen and oxygen atoms in total. The Bertz CT molecular complexity index is 2390. The topological polar surface area (TPSA) is 91.1 Å². The molecule has 6 heteroatoms. The first-order chi connectivity index (χ1) is 27.7. The molecule has 0 radical (unpaired) electrons. The van der Waals surface area contributed by atoms with Crippen LogP contribution in [-0.2, 0) is 9.59 Å². The number of hydrogen-bond acceptors (Lipinski definition) is 3.